The van der Waals surface area contributed by atoms with Crippen molar-refractivity contribution in [2.24, 2.45) is 16.1 Å². The second-order valence-electron chi connectivity index (χ2n) is 7.14. The number of hydrogen-bond acceptors (Lipinski definition) is 5. The van der Waals surface area contributed by atoms with Crippen molar-refractivity contribution < 1.29 is 9.53 Å². The summed E-state index contributed by atoms with van der Waals surface area (Å²) in [7, 11) is 1.64. The van der Waals surface area contributed by atoms with Crippen LogP contribution in [0.15, 0.2) is 70.9 Å². The molecule has 0 spiro atoms. The Labute approximate surface area is 164 Å². The van der Waals surface area contributed by atoms with Crippen LogP contribution in [0.25, 0.3) is 5.70 Å². The molecule has 2 aliphatic rings. The fourth-order valence-corrected chi connectivity index (χ4v) is 4.00. The first-order chi connectivity index (χ1) is 13.7. The Kier molecular flexibility index (Phi) is 5.10. The molecule has 1 N–H and O–H groups in total. The monoisotopic (exact) mass is 376 g/mol. The van der Waals surface area contributed by atoms with Gasteiger partial charge in [-0.25, -0.2) is 0 Å². The van der Waals surface area contributed by atoms with E-state index in [-0.39, 0.29) is 5.92 Å². The first-order valence-corrected chi connectivity index (χ1v) is 9.55. The van der Waals surface area contributed by atoms with E-state index in [1.54, 1.807) is 7.11 Å². The molecule has 0 saturated carbocycles. The summed E-state index contributed by atoms with van der Waals surface area (Å²) in [4.78, 5) is 13.7. The van der Waals surface area contributed by atoms with Crippen molar-refractivity contribution in [3.8, 4) is 5.75 Å². The number of methoxy groups -OCH3 is 1. The molecular formula is C22H24N4O2. The van der Waals surface area contributed by atoms with E-state index in [2.05, 4.69) is 44.7 Å². The van der Waals surface area contributed by atoms with Crippen LogP contribution in [0, 0.1) is 5.92 Å². The quantitative estimate of drug-likeness (QED) is 0.779. The number of nitrogens with one attached hydrogen (secondary N) is 1. The van der Waals surface area contributed by atoms with Crippen LogP contribution in [0.1, 0.15) is 18.4 Å². The van der Waals surface area contributed by atoms with Gasteiger partial charge in [0.05, 0.1) is 12.8 Å². The van der Waals surface area contributed by atoms with Crippen molar-refractivity contribution >= 4 is 17.8 Å². The van der Waals surface area contributed by atoms with Gasteiger partial charge < -0.3 is 15.0 Å². The number of carbonyl (C=O) groups excluding carboxylic acids is 1. The Morgan fingerprint density at radius 1 is 1.11 bits per heavy atom. The van der Waals surface area contributed by atoms with Crippen LogP contribution in [-0.2, 0) is 4.79 Å². The van der Waals surface area contributed by atoms with E-state index in [0.717, 1.165) is 49.4 Å². The number of piperidine rings is 1. The summed E-state index contributed by atoms with van der Waals surface area (Å²) in [5.74, 6) is 1.00. The van der Waals surface area contributed by atoms with Gasteiger partial charge in [0.15, 0.2) is 5.66 Å². The largest absolute Gasteiger partial charge is 0.497 e. The molecule has 0 bridgehead atoms. The molecule has 0 aromatic heterocycles. The number of nitrogens with zero attached hydrogens (tertiary/aromatic N) is 3. The summed E-state index contributed by atoms with van der Waals surface area (Å²) in [6.45, 7) is 1.86. The van der Waals surface area contributed by atoms with E-state index in [0.29, 0.717) is 0 Å². The van der Waals surface area contributed by atoms with Gasteiger partial charge in [-0.15, -0.1) is 0 Å². The molecule has 28 heavy (non-hydrogen) atoms. The first kappa shape index (κ1) is 18.2. The molecular weight excluding hydrogens is 352 g/mol. The molecule has 1 atom stereocenters. The van der Waals surface area contributed by atoms with Crippen molar-refractivity contribution in [2.75, 3.05) is 25.1 Å². The third kappa shape index (κ3) is 3.50. The number of amides is 1. The van der Waals surface area contributed by atoms with Crippen molar-refractivity contribution in [1.29, 1.82) is 0 Å². The lowest BCUT2D eigenvalue weighted by atomic mass is 9.83. The Morgan fingerprint density at radius 2 is 1.82 bits per heavy atom. The third-order valence-electron chi connectivity index (χ3n) is 5.59. The number of rotatable bonds is 6. The highest BCUT2D eigenvalue weighted by Crippen LogP contribution is 2.39. The van der Waals surface area contributed by atoms with Gasteiger partial charge in [-0.2, -0.15) is 10.2 Å². The Morgan fingerprint density at radius 3 is 2.46 bits per heavy atom. The number of azo groups is 1. The fourth-order valence-electron chi connectivity index (χ4n) is 4.00. The summed E-state index contributed by atoms with van der Waals surface area (Å²) < 4.78 is 5.22. The van der Waals surface area contributed by atoms with Gasteiger partial charge in [0, 0.05) is 30.3 Å². The van der Waals surface area contributed by atoms with Crippen molar-refractivity contribution in [3.63, 3.8) is 0 Å². The highest BCUT2D eigenvalue weighted by Gasteiger charge is 2.42. The normalized spacial score (nSPS) is 22.0. The Hall–Kier alpha value is -3.15. The van der Waals surface area contributed by atoms with Crippen molar-refractivity contribution in [2.45, 2.75) is 18.5 Å². The lowest BCUT2D eigenvalue weighted by molar-refractivity contribution is -0.111. The second kappa shape index (κ2) is 7.84. The predicted molar refractivity (Wildman–Crippen MR) is 109 cm³/mol. The first-order valence-electron chi connectivity index (χ1n) is 9.55. The van der Waals surface area contributed by atoms with Gasteiger partial charge in [0.25, 0.3) is 0 Å². The molecule has 6 nitrogen and oxygen atoms in total. The van der Waals surface area contributed by atoms with Crippen LogP contribution >= 0.6 is 0 Å². The van der Waals surface area contributed by atoms with Gasteiger partial charge >= 0.3 is 0 Å². The standard InChI is InChI=1S/C22H24N4O2/c1-28-20-9-7-17(8-10-20)21-15-22(23-16-27,25-24-21)18-11-13-26(14-12-18)19-5-3-2-4-6-19/h2-10,15-16,18H,11-14H2,1H3,(H,23,27). The molecule has 1 unspecified atom stereocenters. The minimum absolute atomic E-state index is 0.206. The van der Waals surface area contributed by atoms with E-state index in [1.165, 1.54) is 5.69 Å². The molecule has 144 valence electrons. The number of benzene rings is 2. The maximum absolute atomic E-state index is 11.4. The molecule has 1 amide bonds. The minimum atomic E-state index is -0.764. The SMILES string of the molecule is COc1ccc(C2=CC(NC=O)(C3CCN(c4ccccc4)CC3)N=N2)cc1. The van der Waals surface area contributed by atoms with E-state index >= 15 is 0 Å². The van der Waals surface area contributed by atoms with Crippen LogP contribution in [0.3, 0.4) is 0 Å². The van der Waals surface area contributed by atoms with Crippen LogP contribution in [0.4, 0.5) is 5.69 Å². The third-order valence-corrected chi connectivity index (χ3v) is 5.59. The molecule has 2 aromatic carbocycles. The average Bonchev–Trinajstić information content (AvgIpc) is 3.20. The van der Waals surface area contributed by atoms with Gasteiger partial charge in [-0.1, -0.05) is 18.2 Å². The average molecular weight is 376 g/mol. The molecule has 1 saturated heterocycles. The van der Waals surface area contributed by atoms with Crippen molar-refractivity contribution in [1.82, 2.24) is 5.32 Å². The number of anilines is 1. The fraction of sp³-hybridized carbons (Fsp3) is 0.318. The van der Waals surface area contributed by atoms with Crippen LogP contribution < -0.4 is 15.0 Å². The van der Waals surface area contributed by atoms with E-state index < -0.39 is 5.66 Å². The molecule has 1 fully saturated rings. The predicted octanol–water partition coefficient (Wildman–Crippen LogP) is 3.86. The lowest BCUT2D eigenvalue weighted by Gasteiger charge is -2.39. The Bertz CT molecular complexity index is 871. The van der Waals surface area contributed by atoms with E-state index in [4.69, 9.17) is 4.74 Å². The summed E-state index contributed by atoms with van der Waals surface area (Å²) >= 11 is 0. The number of hydrogen-bond donors (Lipinski definition) is 1. The number of ether oxygens (including phenoxy) is 1. The molecule has 2 aromatic rings. The molecule has 6 heteroatoms. The molecule has 0 radical (unpaired) electrons. The molecule has 2 heterocycles. The summed E-state index contributed by atoms with van der Waals surface area (Å²) in [5, 5.41) is 11.9. The number of carbonyl (C=O) groups is 1. The van der Waals surface area contributed by atoms with Crippen molar-refractivity contribution in [3.05, 3.63) is 66.2 Å². The zero-order valence-electron chi connectivity index (χ0n) is 15.9. The van der Waals surface area contributed by atoms with Crippen LogP contribution in [-0.4, -0.2) is 32.3 Å². The van der Waals surface area contributed by atoms with Gasteiger partial charge in [0.2, 0.25) is 6.41 Å². The van der Waals surface area contributed by atoms with Gasteiger partial charge in [-0.05, 0) is 55.3 Å². The van der Waals surface area contributed by atoms with Gasteiger partial charge in [-0.3, -0.25) is 4.79 Å². The lowest BCUT2D eigenvalue weighted by Crippen LogP contribution is -2.50. The maximum atomic E-state index is 11.4. The zero-order valence-corrected chi connectivity index (χ0v) is 15.9. The van der Waals surface area contributed by atoms with Gasteiger partial charge in [0.1, 0.15) is 5.75 Å². The Balaban J connectivity index is 1.52. The van der Waals surface area contributed by atoms with E-state index in [1.807, 2.05) is 36.4 Å². The highest BCUT2D eigenvalue weighted by molar-refractivity contribution is 5.69. The molecule has 0 aliphatic carbocycles. The summed E-state index contributed by atoms with van der Waals surface area (Å²) in [5.41, 5.74) is 2.21. The summed E-state index contributed by atoms with van der Waals surface area (Å²) in [6.07, 6.45) is 4.59. The maximum Gasteiger partial charge on any atom is 0.209 e. The van der Waals surface area contributed by atoms with Crippen LogP contribution in [0.5, 0.6) is 5.75 Å². The van der Waals surface area contributed by atoms with E-state index in [9.17, 15) is 4.79 Å². The van der Waals surface area contributed by atoms with Crippen LogP contribution in [0.2, 0.25) is 0 Å². The minimum Gasteiger partial charge on any atom is -0.497 e. The smallest absolute Gasteiger partial charge is 0.209 e. The topological polar surface area (TPSA) is 66.3 Å². The number of para-hydroxylation sites is 1. The second-order valence-corrected chi connectivity index (χ2v) is 7.14. The molecule has 4 rings (SSSR count). The molecule has 2 aliphatic heterocycles. The summed E-state index contributed by atoms with van der Waals surface area (Å²) in [6, 6.07) is 18.1. The zero-order chi connectivity index (χ0) is 19.4. The highest BCUT2D eigenvalue weighted by atomic mass is 16.5.